The van der Waals surface area contributed by atoms with Crippen LogP contribution in [0.2, 0.25) is 0 Å². The molecule has 5 nitrogen and oxygen atoms in total. The van der Waals surface area contributed by atoms with Crippen LogP contribution in [-0.2, 0) is 11.2 Å². The molecule has 1 N–H and O–H groups in total. The molecule has 0 spiro atoms. The fourth-order valence-electron chi connectivity index (χ4n) is 2.19. The smallest absolute Gasteiger partial charge is 0.258 e. The van der Waals surface area contributed by atoms with E-state index in [1.54, 1.807) is 47.2 Å². The Morgan fingerprint density at radius 1 is 1.38 bits per heavy atom. The van der Waals surface area contributed by atoms with E-state index < -0.39 is 0 Å². The number of hydrogen-bond donors (Lipinski definition) is 1. The van der Waals surface area contributed by atoms with Gasteiger partial charge in [-0.2, -0.15) is 11.3 Å². The number of pyridine rings is 1. The van der Waals surface area contributed by atoms with Crippen molar-refractivity contribution in [2.45, 2.75) is 19.4 Å². The highest BCUT2D eigenvalue weighted by atomic mass is 32.1. The minimum atomic E-state index is -0.174. The van der Waals surface area contributed by atoms with E-state index in [0.29, 0.717) is 5.75 Å². The summed E-state index contributed by atoms with van der Waals surface area (Å²) in [5, 5.41) is 10.1. The van der Waals surface area contributed by atoms with E-state index >= 15 is 0 Å². The fourth-order valence-corrected chi connectivity index (χ4v) is 3.72. The number of aromatic nitrogens is 2. The van der Waals surface area contributed by atoms with Crippen molar-refractivity contribution in [3.8, 4) is 5.75 Å². The summed E-state index contributed by atoms with van der Waals surface area (Å²) in [5.41, 5.74) is 2.15. The lowest BCUT2D eigenvalue weighted by molar-refractivity contribution is -0.123. The van der Waals surface area contributed by atoms with E-state index in [-0.39, 0.29) is 18.6 Å². The van der Waals surface area contributed by atoms with Crippen molar-refractivity contribution in [2.75, 3.05) is 6.61 Å². The maximum Gasteiger partial charge on any atom is 0.258 e. The monoisotopic (exact) mass is 359 g/mol. The van der Waals surface area contributed by atoms with Gasteiger partial charge in [0, 0.05) is 23.7 Å². The molecule has 0 unspecified atom stereocenters. The molecule has 7 heteroatoms. The molecule has 124 valence electrons. The van der Waals surface area contributed by atoms with Gasteiger partial charge in [0.25, 0.3) is 5.91 Å². The van der Waals surface area contributed by atoms with Crippen LogP contribution in [-0.4, -0.2) is 22.5 Å². The molecule has 24 heavy (non-hydrogen) atoms. The third-order valence-electron chi connectivity index (χ3n) is 3.29. The molecule has 3 aromatic heterocycles. The summed E-state index contributed by atoms with van der Waals surface area (Å²) in [4.78, 5) is 20.7. The minimum absolute atomic E-state index is 0.0454. The van der Waals surface area contributed by atoms with Gasteiger partial charge in [0.2, 0.25) is 0 Å². The van der Waals surface area contributed by atoms with Gasteiger partial charge in [0.05, 0.1) is 12.2 Å². The van der Waals surface area contributed by atoms with Crippen LogP contribution in [0.1, 0.15) is 22.3 Å². The van der Waals surface area contributed by atoms with Crippen molar-refractivity contribution < 1.29 is 9.53 Å². The zero-order valence-corrected chi connectivity index (χ0v) is 14.8. The summed E-state index contributed by atoms with van der Waals surface area (Å²) < 4.78 is 5.46. The van der Waals surface area contributed by atoms with Crippen molar-refractivity contribution in [1.82, 2.24) is 15.3 Å². The molecule has 3 heterocycles. The van der Waals surface area contributed by atoms with Gasteiger partial charge in [-0.3, -0.25) is 9.78 Å². The maximum absolute atomic E-state index is 12.3. The molecule has 0 aromatic carbocycles. The lowest BCUT2D eigenvalue weighted by atomic mass is 10.1. The van der Waals surface area contributed by atoms with Gasteiger partial charge in [-0.15, -0.1) is 11.3 Å². The highest BCUT2D eigenvalue weighted by Gasteiger charge is 2.19. The summed E-state index contributed by atoms with van der Waals surface area (Å²) in [5.74, 6) is 0.402. The lowest BCUT2D eigenvalue weighted by Crippen LogP contribution is -2.33. The van der Waals surface area contributed by atoms with E-state index in [1.807, 2.05) is 17.7 Å². The zero-order valence-electron chi connectivity index (χ0n) is 13.1. The largest absolute Gasteiger partial charge is 0.482 e. The van der Waals surface area contributed by atoms with Crippen molar-refractivity contribution in [3.05, 3.63) is 63.0 Å². The number of aryl methyl sites for hydroxylation is 1. The number of thiazole rings is 1. The highest BCUT2D eigenvalue weighted by molar-refractivity contribution is 7.09. The second-order valence-corrected chi connectivity index (χ2v) is 6.93. The van der Waals surface area contributed by atoms with Crippen LogP contribution in [0, 0.1) is 6.92 Å². The number of hydrogen-bond acceptors (Lipinski definition) is 6. The van der Waals surface area contributed by atoms with Crippen LogP contribution >= 0.6 is 22.7 Å². The number of nitrogens with zero attached hydrogens (tertiary/aromatic N) is 2. The van der Waals surface area contributed by atoms with Crippen LogP contribution in [0.15, 0.2) is 46.7 Å². The van der Waals surface area contributed by atoms with Crippen LogP contribution in [0.25, 0.3) is 0 Å². The molecule has 0 radical (unpaired) electrons. The molecule has 0 aliphatic rings. The highest BCUT2D eigenvalue weighted by Crippen LogP contribution is 2.23. The first kappa shape index (κ1) is 16.6. The summed E-state index contributed by atoms with van der Waals surface area (Å²) in [6.45, 7) is 1.91. The Morgan fingerprint density at radius 3 is 2.96 bits per heavy atom. The molecule has 0 aliphatic carbocycles. The van der Waals surface area contributed by atoms with Crippen LogP contribution in [0.3, 0.4) is 0 Å². The Kier molecular flexibility index (Phi) is 5.55. The third-order valence-corrected chi connectivity index (χ3v) is 5.10. The van der Waals surface area contributed by atoms with Gasteiger partial charge in [0.15, 0.2) is 6.61 Å². The Labute approximate surface area is 148 Å². The summed E-state index contributed by atoms with van der Waals surface area (Å²) in [6.07, 6.45) is 3.96. The molecule has 0 saturated carbocycles. The van der Waals surface area contributed by atoms with Gasteiger partial charge in [-0.1, -0.05) is 0 Å². The number of nitrogens with one attached hydrogen (secondary N) is 1. The van der Waals surface area contributed by atoms with Crippen molar-refractivity contribution in [1.29, 1.82) is 0 Å². The number of ether oxygens (including phenoxy) is 1. The maximum atomic E-state index is 12.3. The number of rotatable bonds is 7. The van der Waals surface area contributed by atoms with Gasteiger partial charge in [-0.05, 0) is 41.4 Å². The standard InChI is InChI=1S/C17H17N3O2S2/c1-12-10-24-17(19-12)15(7-13-4-6-23-11-13)20-16(21)9-22-14-3-2-5-18-8-14/h2-6,8,10-11,15H,7,9H2,1H3,(H,20,21)/t15-/m1/s1. The molecule has 0 saturated heterocycles. The predicted molar refractivity (Wildman–Crippen MR) is 95.5 cm³/mol. The van der Waals surface area contributed by atoms with E-state index in [2.05, 4.69) is 26.7 Å². The quantitative estimate of drug-likeness (QED) is 0.702. The van der Waals surface area contributed by atoms with Crippen LogP contribution < -0.4 is 10.1 Å². The average molecular weight is 359 g/mol. The first-order chi connectivity index (χ1) is 11.7. The Bertz CT molecular complexity index is 772. The first-order valence-electron chi connectivity index (χ1n) is 7.46. The Balaban J connectivity index is 1.63. The number of thiophene rings is 1. The first-order valence-corrected chi connectivity index (χ1v) is 9.28. The topological polar surface area (TPSA) is 64.1 Å². The zero-order chi connectivity index (χ0) is 16.8. The summed E-state index contributed by atoms with van der Waals surface area (Å²) >= 11 is 3.21. The average Bonchev–Trinajstić information content (AvgIpc) is 3.25. The Morgan fingerprint density at radius 2 is 2.29 bits per heavy atom. The van der Waals surface area contributed by atoms with Gasteiger partial charge < -0.3 is 10.1 Å². The second kappa shape index (κ2) is 8.03. The van der Waals surface area contributed by atoms with E-state index in [0.717, 1.165) is 17.1 Å². The molecule has 1 amide bonds. The van der Waals surface area contributed by atoms with E-state index in [1.165, 1.54) is 5.56 Å². The van der Waals surface area contributed by atoms with Crippen molar-refractivity contribution in [2.24, 2.45) is 0 Å². The molecule has 0 bridgehead atoms. The Hall–Kier alpha value is -2.25. The van der Waals surface area contributed by atoms with Crippen molar-refractivity contribution in [3.63, 3.8) is 0 Å². The van der Waals surface area contributed by atoms with Gasteiger partial charge >= 0.3 is 0 Å². The number of carbonyl (C=O) groups is 1. The summed E-state index contributed by atoms with van der Waals surface area (Å²) in [7, 11) is 0. The molecule has 3 rings (SSSR count). The predicted octanol–water partition coefficient (Wildman–Crippen LogP) is 3.39. The van der Waals surface area contributed by atoms with Gasteiger partial charge in [-0.25, -0.2) is 4.98 Å². The van der Waals surface area contributed by atoms with Gasteiger partial charge in [0.1, 0.15) is 10.8 Å². The lowest BCUT2D eigenvalue weighted by Gasteiger charge is -2.16. The third kappa shape index (κ3) is 4.62. The van der Waals surface area contributed by atoms with E-state index in [4.69, 9.17) is 4.74 Å². The van der Waals surface area contributed by atoms with E-state index in [9.17, 15) is 4.79 Å². The normalized spacial score (nSPS) is 11.9. The number of amides is 1. The molecular weight excluding hydrogens is 342 g/mol. The SMILES string of the molecule is Cc1csc([C@@H](Cc2ccsc2)NC(=O)COc2cccnc2)n1. The summed E-state index contributed by atoms with van der Waals surface area (Å²) in [6, 6.07) is 5.46. The second-order valence-electron chi connectivity index (χ2n) is 5.26. The molecule has 0 aliphatic heterocycles. The molecule has 0 fully saturated rings. The van der Waals surface area contributed by atoms with Crippen molar-refractivity contribution >= 4 is 28.6 Å². The number of carbonyl (C=O) groups excluding carboxylic acids is 1. The minimum Gasteiger partial charge on any atom is -0.482 e. The molecular formula is C17H17N3O2S2. The fraction of sp³-hybridized carbons (Fsp3) is 0.235. The molecule has 1 atom stereocenters. The van der Waals surface area contributed by atoms with Crippen LogP contribution in [0.4, 0.5) is 0 Å². The van der Waals surface area contributed by atoms with Crippen LogP contribution in [0.5, 0.6) is 5.75 Å². The molecule has 3 aromatic rings.